The molecule has 0 amide bonds. The molecule has 3 heteroatoms. The Bertz CT molecular complexity index is 455. The minimum absolute atomic E-state index is 0.0439. The molecule has 3 saturated heterocycles. The molecule has 1 aromatic heterocycles. The first-order valence-electron chi connectivity index (χ1n) is 6.78. The maximum absolute atomic E-state index is 12.4. The smallest absolute Gasteiger partial charge is 0.153 e. The zero-order chi connectivity index (χ0) is 12.8. The third kappa shape index (κ3) is 1.87. The maximum Gasteiger partial charge on any atom is 0.153 e. The molecule has 3 aliphatic rings. The summed E-state index contributed by atoms with van der Waals surface area (Å²) in [7, 11) is 0. The highest BCUT2D eigenvalue weighted by Gasteiger charge is 2.49. The number of fused-ring (bicyclic) bond motifs is 3. The van der Waals surface area contributed by atoms with Crippen molar-refractivity contribution < 1.29 is 4.79 Å². The molecule has 3 unspecified atom stereocenters. The summed E-state index contributed by atoms with van der Waals surface area (Å²) in [5, 5.41) is 0. The molecule has 96 valence electrons. The highest BCUT2D eigenvalue weighted by atomic mass is 16.1. The second-order valence-electron chi connectivity index (χ2n) is 6.14. The fourth-order valence-corrected chi connectivity index (χ4v) is 3.59. The zero-order valence-electron chi connectivity index (χ0n) is 11.1. The molecule has 0 aromatic carbocycles. The Balaban J connectivity index is 1.85. The lowest BCUT2D eigenvalue weighted by atomic mass is 9.71. The SMILES string of the molecule is CC1(C)CC2CCN1C(Cc1ccccn1)C2=O. The summed E-state index contributed by atoms with van der Waals surface area (Å²) in [4.78, 5) is 19.2. The average molecular weight is 244 g/mol. The maximum atomic E-state index is 12.4. The molecule has 3 nitrogen and oxygen atoms in total. The van der Waals surface area contributed by atoms with Gasteiger partial charge in [-0.2, -0.15) is 0 Å². The molecular weight excluding hydrogens is 224 g/mol. The molecule has 3 fully saturated rings. The van der Waals surface area contributed by atoms with Crippen molar-refractivity contribution in [3.63, 3.8) is 0 Å². The molecule has 0 saturated carbocycles. The molecule has 4 heterocycles. The quantitative estimate of drug-likeness (QED) is 0.798. The highest BCUT2D eigenvalue weighted by Crippen LogP contribution is 2.40. The van der Waals surface area contributed by atoms with Crippen molar-refractivity contribution in [3.8, 4) is 0 Å². The predicted octanol–water partition coefficient (Wildman–Crippen LogP) is 2.07. The second-order valence-corrected chi connectivity index (χ2v) is 6.14. The minimum Gasteiger partial charge on any atom is -0.298 e. The summed E-state index contributed by atoms with van der Waals surface area (Å²) in [6.45, 7) is 5.58. The van der Waals surface area contributed by atoms with Crippen molar-refractivity contribution in [2.75, 3.05) is 6.54 Å². The van der Waals surface area contributed by atoms with Gasteiger partial charge in [-0.15, -0.1) is 0 Å². The van der Waals surface area contributed by atoms with Gasteiger partial charge in [0.15, 0.2) is 5.78 Å². The summed E-state index contributed by atoms with van der Waals surface area (Å²) in [6, 6.07) is 5.98. The molecule has 2 bridgehead atoms. The van der Waals surface area contributed by atoms with Gasteiger partial charge in [0.05, 0.1) is 6.04 Å². The Morgan fingerprint density at radius 2 is 2.28 bits per heavy atom. The topological polar surface area (TPSA) is 33.2 Å². The first kappa shape index (κ1) is 11.8. The van der Waals surface area contributed by atoms with Crippen LogP contribution in [0, 0.1) is 5.92 Å². The van der Waals surface area contributed by atoms with Gasteiger partial charge < -0.3 is 0 Å². The summed E-state index contributed by atoms with van der Waals surface area (Å²) >= 11 is 0. The van der Waals surface area contributed by atoms with Crippen molar-refractivity contribution in [1.29, 1.82) is 0 Å². The number of aromatic nitrogens is 1. The van der Waals surface area contributed by atoms with E-state index in [4.69, 9.17) is 0 Å². The lowest BCUT2D eigenvalue weighted by Gasteiger charge is -2.54. The van der Waals surface area contributed by atoms with E-state index in [9.17, 15) is 4.79 Å². The van der Waals surface area contributed by atoms with Crippen LogP contribution in [0.3, 0.4) is 0 Å². The van der Waals surface area contributed by atoms with Crippen LogP contribution in [0.5, 0.6) is 0 Å². The Morgan fingerprint density at radius 3 is 2.94 bits per heavy atom. The van der Waals surface area contributed by atoms with E-state index in [0.717, 1.165) is 31.5 Å². The van der Waals surface area contributed by atoms with Crippen LogP contribution >= 0.6 is 0 Å². The summed E-state index contributed by atoms with van der Waals surface area (Å²) < 4.78 is 0. The normalized spacial score (nSPS) is 33.7. The van der Waals surface area contributed by atoms with E-state index >= 15 is 0 Å². The van der Waals surface area contributed by atoms with Crippen LogP contribution in [0.2, 0.25) is 0 Å². The van der Waals surface area contributed by atoms with Gasteiger partial charge in [0.1, 0.15) is 0 Å². The molecule has 4 rings (SSSR count). The van der Waals surface area contributed by atoms with Gasteiger partial charge in [-0.25, -0.2) is 0 Å². The van der Waals surface area contributed by atoms with Gasteiger partial charge in [-0.05, 0) is 38.8 Å². The Labute approximate surface area is 108 Å². The first-order valence-corrected chi connectivity index (χ1v) is 6.78. The van der Waals surface area contributed by atoms with Crippen molar-refractivity contribution in [2.45, 2.75) is 44.7 Å². The molecule has 1 aromatic rings. The van der Waals surface area contributed by atoms with E-state index in [1.807, 2.05) is 18.2 Å². The third-order valence-corrected chi connectivity index (χ3v) is 4.48. The predicted molar refractivity (Wildman–Crippen MR) is 70.2 cm³/mol. The molecule has 3 aliphatic heterocycles. The van der Waals surface area contributed by atoms with E-state index in [0.29, 0.717) is 5.78 Å². The average Bonchev–Trinajstić information content (AvgIpc) is 2.34. The minimum atomic E-state index is 0.0439. The number of piperidine rings is 3. The van der Waals surface area contributed by atoms with E-state index in [-0.39, 0.29) is 17.5 Å². The number of rotatable bonds is 2. The molecule has 3 atom stereocenters. The Morgan fingerprint density at radius 1 is 1.44 bits per heavy atom. The Hall–Kier alpha value is -1.22. The number of hydrogen-bond acceptors (Lipinski definition) is 3. The summed E-state index contributed by atoms with van der Waals surface area (Å²) in [5.41, 5.74) is 1.19. The van der Waals surface area contributed by atoms with Crippen molar-refractivity contribution in [2.24, 2.45) is 5.92 Å². The second kappa shape index (κ2) is 4.16. The largest absolute Gasteiger partial charge is 0.298 e. The fourth-order valence-electron chi connectivity index (χ4n) is 3.59. The molecular formula is C15H20N2O. The van der Waals surface area contributed by atoms with E-state index in [1.165, 1.54) is 0 Å². The van der Waals surface area contributed by atoms with E-state index in [1.54, 1.807) is 6.20 Å². The van der Waals surface area contributed by atoms with Gasteiger partial charge in [-0.1, -0.05) is 6.07 Å². The lowest BCUT2D eigenvalue weighted by Crippen LogP contribution is -2.65. The van der Waals surface area contributed by atoms with E-state index in [2.05, 4.69) is 23.7 Å². The summed E-state index contributed by atoms with van der Waals surface area (Å²) in [6.07, 6.45) is 4.63. The van der Waals surface area contributed by atoms with Crippen molar-refractivity contribution in [1.82, 2.24) is 9.88 Å². The highest BCUT2D eigenvalue weighted by molar-refractivity contribution is 5.88. The number of pyridine rings is 1. The number of nitrogens with zero attached hydrogens (tertiary/aromatic N) is 2. The lowest BCUT2D eigenvalue weighted by molar-refractivity contribution is -0.146. The van der Waals surface area contributed by atoms with Crippen LogP contribution in [-0.4, -0.2) is 33.8 Å². The van der Waals surface area contributed by atoms with Crippen LogP contribution in [0.25, 0.3) is 0 Å². The van der Waals surface area contributed by atoms with Crippen molar-refractivity contribution in [3.05, 3.63) is 30.1 Å². The number of carbonyl (C=O) groups is 1. The van der Waals surface area contributed by atoms with Crippen molar-refractivity contribution >= 4 is 5.78 Å². The molecule has 0 aliphatic carbocycles. The van der Waals surface area contributed by atoms with Crippen LogP contribution in [0.4, 0.5) is 0 Å². The molecule has 18 heavy (non-hydrogen) atoms. The molecule has 0 N–H and O–H groups in total. The zero-order valence-corrected chi connectivity index (χ0v) is 11.1. The number of Topliss-reactive ketones (excluding diaryl/α,β-unsaturated/α-hetero) is 1. The number of carbonyl (C=O) groups excluding carboxylic acids is 1. The van der Waals surface area contributed by atoms with Crippen LogP contribution in [0.1, 0.15) is 32.4 Å². The van der Waals surface area contributed by atoms with Crippen LogP contribution < -0.4 is 0 Å². The third-order valence-electron chi connectivity index (χ3n) is 4.48. The number of hydrogen-bond donors (Lipinski definition) is 0. The van der Waals surface area contributed by atoms with E-state index < -0.39 is 0 Å². The summed E-state index contributed by atoms with van der Waals surface area (Å²) in [5.74, 6) is 0.713. The van der Waals surface area contributed by atoms with Gasteiger partial charge in [-0.3, -0.25) is 14.7 Å². The van der Waals surface area contributed by atoms with Crippen LogP contribution in [0.15, 0.2) is 24.4 Å². The van der Waals surface area contributed by atoms with Gasteiger partial charge in [0, 0.05) is 36.3 Å². The molecule has 0 radical (unpaired) electrons. The van der Waals surface area contributed by atoms with Gasteiger partial charge in [0.2, 0.25) is 0 Å². The first-order chi connectivity index (χ1) is 8.58. The fraction of sp³-hybridized carbons (Fsp3) is 0.600. The standard InChI is InChI=1S/C15H20N2O/c1-15(2)10-11-6-8-17(15)13(14(11)18)9-12-5-3-4-7-16-12/h3-5,7,11,13H,6,8-10H2,1-2H3. The Kier molecular flexibility index (Phi) is 2.74. The van der Waals surface area contributed by atoms with Gasteiger partial charge in [0.25, 0.3) is 0 Å². The number of ketones is 1. The molecule has 0 spiro atoms. The van der Waals surface area contributed by atoms with Crippen LogP contribution in [-0.2, 0) is 11.2 Å². The monoisotopic (exact) mass is 244 g/mol. The van der Waals surface area contributed by atoms with Gasteiger partial charge >= 0.3 is 0 Å².